The van der Waals surface area contributed by atoms with Crippen LogP contribution in [0.1, 0.15) is 15.9 Å². The molecule has 0 spiro atoms. The van der Waals surface area contributed by atoms with E-state index in [1.807, 2.05) is 60.7 Å². The molecular formula is C34H26ClN3O3S. The van der Waals surface area contributed by atoms with Crippen LogP contribution in [0.25, 0.3) is 16.8 Å². The van der Waals surface area contributed by atoms with Gasteiger partial charge >= 0.3 is 0 Å². The van der Waals surface area contributed by atoms with Crippen molar-refractivity contribution in [1.29, 1.82) is 0 Å². The van der Waals surface area contributed by atoms with Crippen LogP contribution >= 0.6 is 23.4 Å². The Kier molecular flexibility index (Phi) is 9.33. The highest BCUT2D eigenvalue weighted by Gasteiger charge is 2.16. The van der Waals surface area contributed by atoms with Gasteiger partial charge in [-0.3, -0.25) is 14.4 Å². The molecule has 0 aliphatic heterocycles. The van der Waals surface area contributed by atoms with E-state index in [2.05, 4.69) is 16.0 Å². The fourth-order valence-electron chi connectivity index (χ4n) is 4.22. The molecule has 0 atom stereocenters. The van der Waals surface area contributed by atoms with Gasteiger partial charge in [-0.1, -0.05) is 78.3 Å². The molecule has 0 aromatic heterocycles. The lowest BCUT2D eigenvalue weighted by Gasteiger charge is -2.12. The second-order valence-corrected chi connectivity index (χ2v) is 10.8. The summed E-state index contributed by atoms with van der Waals surface area (Å²) in [5.74, 6) is -0.799. The van der Waals surface area contributed by atoms with Gasteiger partial charge in [0.2, 0.25) is 5.91 Å². The standard InChI is InChI=1S/C34H26ClN3O3S/c35-26-13-7-14-28(21-26)36-32(39)22-42-29-18-16-27(17-19-29)37-34(41)31(38-33(40)24-9-2-1-3-10-24)20-25-12-6-11-23-8-4-5-15-30(23)25/h1-21H,22H2,(H,36,39)(H,37,41)(H,38,40)/b31-20-. The smallest absolute Gasteiger partial charge is 0.272 e. The van der Waals surface area contributed by atoms with Crippen molar-refractivity contribution in [2.75, 3.05) is 16.4 Å². The van der Waals surface area contributed by atoms with Crippen LogP contribution in [-0.4, -0.2) is 23.5 Å². The Labute approximate surface area is 252 Å². The van der Waals surface area contributed by atoms with E-state index < -0.39 is 5.91 Å². The normalized spacial score (nSPS) is 11.1. The first-order valence-electron chi connectivity index (χ1n) is 13.1. The minimum absolute atomic E-state index is 0.108. The molecule has 208 valence electrons. The van der Waals surface area contributed by atoms with Gasteiger partial charge in [0.15, 0.2) is 0 Å². The number of hydrogen-bond acceptors (Lipinski definition) is 4. The molecular weight excluding hydrogens is 566 g/mol. The highest BCUT2D eigenvalue weighted by atomic mass is 35.5. The summed E-state index contributed by atoms with van der Waals surface area (Å²) in [6.07, 6.45) is 1.68. The molecule has 0 aliphatic rings. The zero-order chi connectivity index (χ0) is 29.3. The maximum absolute atomic E-state index is 13.5. The number of carbonyl (C=O) groups excluding carboxylic acids is 3. The predicted molar refractivity (Wildman–Crippen MR) is 172 cm³/mol. The quantitative estimate of drug-likeness (QED) is 0.121. The summed E-state index contributed by atoms with van der Waals surface area (Å²) in [5, 5.41) is 11.0. The van der Waals surface area contributed by atoms with Crippen LogP contribution in [0, 0.1) is 0 Å². The Morgan fingerprint density at radius 2 is 1.43 bits per heavy atom. The minimum Gasteiger partial charge on any atom is -0.325 e. The number of benzene rings is 5. The van der Waals surface area contributed by atoms with E-state index in [4.69, 9.17) is 11.6 Å². The lowest BCUT2D eigenvalue weighted by atomic mass is 10.0. The monoisotopic (exact) mass is 591 g/mol. The summed E-state index contributed by atoms with van der Waals surface area (Å²) in [6, 6.07) is 36.5. The largest absolute Gasteiger partial charge is 0.325 e. The Morgan fingerprint density at radius 1 is 0.714 bits per heavy atom. The minimum atomic E-state index is -0.464. The molecule has 0 heterocycles. The predicted octanol–water partition coefficient (Wildman–Crippen LogP) is 7.63. The fraction of sp³-hybridized carbons (Fsp3) is 0.0294. The molecule has 6 nitrogen and oxygen atoms in total. The molecule has 5 aromatic carbocycles. The van der Waals surface area contributed by atoms with Gasteiger partial charge < -0.3 is 16.0 Å². The van der Waals surface area contributed by atoms with Gasteiger partial charge in [-0.2, -0.15) is 0 Å². The number of anilines is 2. The number of thioether (sulfide) groups is 1. The third-order valence-electron chi connectivity index (χ3n) is 6.24. The van der Waals surface area contributed by atoms with Crippen LogP contribution in [0.2, 0.25) is 5.02 Å². The molecule has 0 unspecified atom stereocenters. The van der Waals surface area contributed by atoms with E-state index in [9.17, 15) is 14.4 Å². The third-order valence-corrected chi connectivity index (χ3v) is 7.49. The Balaban J connectivity index is 1.29. The van der Waals surface area contributed by atoms with Gasteiger partial charge in [-0.15, -0.1) is 11.8 Å². The van der Waals surface area contributed by atoms with Gasteiger partial charge in [-0.25, -0.2) is 0 Å². The maximum Gasteiger partial charge on any atom is 0.272 e. The van der Waals surface area contributed by atoms with E-state index in [0.29, 0.717) is 22.0 Å². The molecule has 3 amide bonds. The van der Waals surface area contributed by atoms with E-state index in [1.165, 1.54) is 11.8 Å². The molecule has 0 bridgehead atoms. The zero-order valence-corrected chi connectivity index (χ0v) is 23.9. The SMILES string of the molecule is O=C(CSc1ccc(NC(=O)/C(=C/c2cccc3ccccc23)NC(=O)c2ccccc2)cc1)Nc1cccc(Cl)c1. The Hall–Kier alpha value is -4.85. The summed E-state index contributed by atoms with van der Waals surface area (Å²) < 4.78 is 0. The highest BCUT2D eigenvalue weighted by molar-refractivity contribution is 8.00. The molecule has 5 rings (SSSR count). The lowest BCUT2D eigenvalue weighted by Crippen LogP contribution is -2.30. The number of hydrogen-bond donors (Lipinski definition) is 3. The van der Waals surface area contributed by atoms with E-state index in [0.717, 1.165) is 21.2 Å². The first-order chi connectivity index (χ1) is 20.4. The molecule has 0 fully saturated rings. The van der Waals surface area contributed by atoms with Crippen LogP contribution in [0.3, 0.4) is 0 Å². The van der Waals surface area contributed by atoms with Crippen molar-refractivity contribution in [3.8, 4) is 0 Å². The van der Waals surface area contributed by atoms with Crippen molar-refractivity contribution in [2.45, 2.75) is 4.90 Å². The van der Waals surface area contributed by atoms with Crippen molar-refractivity contribution < 1.29 is 14.4 Å². The van der Waals surface area contributed by atoms with Gasteiger partial charge in [0.05, 0.1) is 5.75 Å². The maximum atomic E-state index is 13.5. The van der Waals surface area contributed by atoms with Gasteiger partial charge in [-0.05, 0) is 77.0 Å². The molecule has 3 N–H and O–H groups in total. The van der Waals surface area contributed by atoms with E-state index in [-0.39, 0.29) is 23.3 Å². The molecule has 0 saturated carbocycles. The van der Waals surface area contributed by atoms with Crippen molar-refractivity contribution in [2.24, 2.45) is 0 Å². The third kappa shape index (κ3) is 7.66. The summed E-state index contributed by atoms with van der Waals surface area (Å²) in [7, 11) is 0. The van der Waals surface area contributed by atoms with Crippen molar-refractivity contribution in [3.05, 3.63) is 143 Å². The lowest BCUT2D eigenvalue weighted by molar-refractivity contribution is -0.114. The number of nitrogens with one attached hydrogen (secondary N) is 3. The van der Waals surface area contributed by atoms with E-state index >= 15 is 0 Å². The van der Waals surface area contributed by atoms with Crippen molar-refractivity contribution in [3.63, 3.8) is 0 Å². The van der Waals surface area contributed by atoms with Crippen LogP contribution in [0.5, 0.6) is 0 Å². The number of fused-ring (bicyclic) bond motifs is 1. The van der Waals surface area contributed by atoms with Crippen molar-refractivity contribution >= 4 is 69.3 Å². The second kappa shape index (κ2) is 13.7. The molecule has 5 aromatic rings. The topological polar surface area (TPSA) is 87.3 Å². The summed E-state index contributed by atoms with van der Waals surface area (Å²) in [4.78, 5) is 39.6. The van der Waals surface area contributed by atoms with Crippen LogP contribution in [0.15, 0.2) is 132 Å². The molecule has 42 heavy (non-hydrogen) atoms. The number of halogens is 1. The summed E-state index contributed by atoms with van der Waals surface area (Å²) in [6.45, 7) is 0. The number of carbonyl (C=O) groups is 3. The Bertz CT molecular complexity index is 1770. The molecule has 0 saturated heterocycles. The molecule has 0 aliphatic carbocycles. The molecule has 8 heteroatoms. The first-order valence-corrected chi connectivity index (χ1v) is 14.5. The number of rotatable bonds is 9. The van der Waals surface area contributed by atoms with Crippen LogP contribution in [0.4, 0.5) is 11.4 Å². The van der Waals surface area contributed by atoms with Gasteiger partial charge in [0.25, 0.3) is 11.8 Å². The fourth-order valence-corrected chi connectivity index (χ4v) is 5.11. The van der Waals surface area contributed by atoms with Gasteiger partial charge in [0, 0.05) is 26.9 Å². The van der Waals surface area contributed by atoms with Gasteiger partial charge in [0.1, 0.15) is 5.70 Å². The second-order valence-electron chi connectivity index (χ2n) is 9.27. The average Bonchev–Trinajstić information content (AvgIpc) is 3.01. The summed E-state index contributed by atoms with van der Waals surface area (Å²) in [5.41, 5.74) is 2.53. The van der Waals surface area contributed by atoms with Crippen LogP contribution in [-0.2, 0) is 9.59 Å². The highest BCUT2D eigenvalue weighted by Crippen LogP contribution is 2.23. The van der Waals surface area contributed by atoms with E-state index in [1.54, 1.807) is 66.7 Å². The Morgan fingerprint density at radius 3 is 2.21 bits per heavy atom. The van der Waals surface area contributed by atoms with Crippen molar-refractivity contribution in [1.82, 2.24) is 5.32 Å². The first kappa shape index (κ1) is 28.7. The number of amides is 3. The zero-order valence-electron chi connectivity index (χ0n) is 22.3. The van der Waals surface area contributed by atoms with Crippen LogP contribution < -0.4 is 16.0 Å². The average molecular weight is 592 g/mol. The molecule has 0 radical (unpaired) electrons. The summed E-state index contributed by atoms with van der Waals surface area (Å²) >= 11 is 7.35.